The third kappa shape index (κ3) is 4.82. The third-order valence-corrected chi connectivity index (χ3v) is 4.80. The molecular weight excluding hydrogens is 346 g/mol. The smallest absolute Gasteiger partial charge is 0.251 e. The van der Waals surface area contributed by atoms with Gasteiger partial charge in [-0.1, -0.05) is 19.9 Å². The molecule has 3 atom stereocenters. The number of likely N-dealkylation sites (N-methyl/N-ethyl adjacent to an activating group) is 1. The summed E-state index contributed by atoms with van der Waals surface area (Å²) in [5, 5.41) is 8.52. The van der Waals surface area contributed by atoms with Crippen LogP contribution in [-0.2, 0) is 20.8 Å². The van der Waals surface area contributed by atoms with Crippen molar-refractivity contribution in [2.24, 2.45) is 5.92 Å². The van der Waals surface area contributed by atoms with Gasteiger partial charge in [-0.2, -0.15) is 0 Å². The van der Waals surface area contributed by atoms with Crippen LogP contribution >= 0.6 is 0 Å². The molecule has 1 aromatic heterocycles. The summed E-state index contributed by atoms with van der Waals surface area (Å²) < 4.78 is 0. The molecule has 148 valence electrons. The average Bonchev–Trinajstić information content (AvgIpc) is 3.01. The number of carbonyl (C=O) groups is 3. The maximum Gasteiger partial charge on any atom is 0.251 e. The van der Waals surface area contributed by atoms with Gasteiger partial charge in [0, 0.05) is 19.7 Å². The molecule has 1 aliphatic rings. The minimum atomic E-state index is -0.680. The zero-order chi connectivity index (χ0) is 20.1. The fourth-order valence-corrected chi connectivity index (χ4v) is 3.11. The molecule has 0 bridgehead atoms. The quantitative estimate of drug-likeness (QED) is 0.633. The van der Waals surface area contributed by atoms with E-state index in [4.69, 9.17) is 0 Å². The monoisotopic (exact) mass is 375 g/mol. The maximum atomic E-state index is 13.4. The summed E-state index contributed by atoms with van der Waals surface area (Å²) in [6.07, 6.45) is 2.26. The first-order chi connectivity index (χ1) is 12.8. The van der Waals surface area contributed by atoms with Crippen LogP contribution in [0.5, 0.6) is 0 Å². The Bertz CT molecular complexity index is 706. The van der Waals surface area contributed by atoms with Crippen LogP contribution in [0.15, 0.2) is 18.3 Å². The van der Waals surface area contributed by atoms with E-state index in [0.29, 0.717) is 18.8 Å². The Morgan fingerprint density at radius 2 is 2.00 bits per heavy atom. The Hall–Kier alpha value is -2.48. The molecule has 0 fully saturated rings. The summed E-state index contributed by atoms with van der Waals surface area (Å²) in [7, 11) is 1.69. The van der Waals surface area contributed by atoms with E-state index in [0.717, 1.165) is 5.56 Å². The lowest BCUT2D eigenvalue weighted by atomic mass is 10.0. The van der Waals surface area contributed by atoms with E-state index in [1.165, 1.54) is 6.92 Å². The summed E-state index contributed by atoms with van der Waals surface area (Å²) in [4.78, 5) is 43.1. The summed E-state index contributed by atoms with van der Waals surface area (Å²) in [5.41, 5.74) is 0.957. The van der Waals surface area contributed by atoms with Crippen molar-refractivity contribution in [2.75, 3.05) is 18.5 Å². The molecule has 1 aliphatic heterocycles. The van der Waals surface area contributed by atoms with Gasteiger partial charge in [0.05, 0.1) is 12.1 Å². The minimum Gasteiger partial charge on any atom is -0.354 e. The van der Waals surface area contributed by atoms with Crippen molar-refractivity contribution >= 4 is 23.5 Å². The molecule has 1 aromatic rings. The number of anilines is 1. The SMILES string of the molecule is CNC(C)C(=O)N[C@H](C(=O)N1c2ncccc2C[C@H]1CNC(C)=O)C(C)C. The lowest BCUT2D eigenvalue weighted by Crippen LogP contribution is -2.57. The molecule has 3 N–H and O–H groups in total. The molecule has 8 nitrogen and oxygen atoms in total. The third-order valence-electron chi connectivity index (χ3n) is 4.80. The van der Waals surface area contributed by atoms with Gasteiger partial charge < -0.3 is 16.0 Å². The van der Waals surface area contributed by atoms with E-state index in [1.807, 2.05) is 26.0 Å². The highest BCUT2D eigenvalue weighted by molar-refractivity contribution is 6.01. The number of hydrogen-bond acceptors (Lipinski definition) is 5. The van der Waals surface area contributed by atoms with Crippen LogP contribution in [0.4, 0.5) is 5.82 Å². The number of pyridine rings is 1. The van der Waals surface area contributed by atoms with Crippen LogP contribution in [0.2, 0.25) is 0 Å². The zero-order valence-electron chi connectivity index (χ0n) is 16.6. The highest BCUT2D eigenvalue weighted by atomic mass is 16.2. The van der Waals surface area contributed by atoms with Gasteiger partial charge in [0.1, 0.15) is 11.9 Å². The van der Waals surface area contributed by atoms with Crippen LogP contribution in [0.1, 0.15) is 33.3 Å². The molecule has 2 rings (SSSR count). The van der Waals surface area contributed by atoms with E-state index in [1.54, 1.807) is 25.1 Å². The lowest BCUT2D eigenvalue weighted by molar-refractivity contribution is -0.129. The van der Waals surface area contributed by atoms with E-state index < -0.39 is 12.1 Å². The molecule has 0 aromatic carbocycles. The molecule has 0 radical (unpaired) electrons. The van der Waals surface area contributed by atoms with Gasteiger partial charge >= 0.3 is 0 Å². The van der Waals surface area contributed by atoms with Crippen LogP contribution in [-0.4, -0.2) is 54.4 Å². The number of nitrogens with one attached hydrogen (secondary N) is 3. The summed E-state index contributed by atoms with van der Waals surface area (Å²) in [6.45, 7) is 7.31. The van der Waals surface area contributed by atoms with Crippen molar-refractivity contribution in [3.8, 4) is 0 Å². The Kier molecular flexibility index (Phi) is 6.90. The second kappa shape index (κ2) is 8.94. The van der Waals surface area contributed by atoms with Gasteiger partial charge in [0.15, 0.2) is 0 Å². The molecule has 0 spiro atoms. The molecule has 0 saturated carbocycles. The minimum absolute atomic E-state index is 0.0975. The first-order valence-electron chi connectivity index (χ1n) is 9.25. The van der Waals surface area contributed by atoms with E-state index in [-0.39, 0.29) is 29.7 Å². The Balaban J connectivity index is 2.29. The second-order valence-electron chi connectivity index (χ2n) is 7.23. The molecule has 27 heavy (non-hydrogen) atoms. The molecule has 1 unspecified atom stereocenters. The normalized spacial score (nSPS) is 18.0. The Labute approximate surface area is 160 Å². The van der Waals surface area contributed by atoms with Crippen LogP contribution in [0.25, 0.3) is 0 Å². The van der Waals surface area contributed by atoms with Crippen molar-refractivity contribution < 1.29 is 14.4 Å². The van der Waals surface area contributed by atoms with Crippen LogP contribution < -0.4 is 20.9 Å². The Morgan fingerprint density at radius 1 is 1.30 bits per heavy atom. The van der Waals surface area contributed by atoms with Gasteiger partial charge in [0.2, 0.25) is 11.8 Å². The van der Waals surface area contributed by atoms with Gasteiger partial charge in [-0.05, 0) is 37.9 Å². The average molecular weight is 375 g/mol. The fraction of sp³-hybridized carbons (Fsp3) is 0.579. The highest BCUT2D eigenvalue weighted by Gasteiger charge is 2.39. The standard InChI is InChI=1S/C19H29N5O3/c1-11(2)16(23-18(26)12(3)20-5)19(27)24-15(10-22-13(4)25)9-14-7-6-8-21-17(14)24/h6-8,11-12,15-16,20H,9-10H2,1-5H3,(H,22,25)(H,23,26)/t12?,15-,16-/m0/s1. The van der Waals surface area contributed by atoms with E-state index in [9.17, 15) is 14.4 Å². The van der Waals surface area contributed by atoms with Gasteiger partial charge in [-0.25, -0.2) is 4.98 Å². The Morgan fingerprint density at radius 3 is 2.59 bits per heavy atom. The molecule has 0 saturated heterocycles. The number of nitrogens with zero attached hydrogens (tertiary/aromatic N) is 2. The number of hydrogen-bond donors (Lipinski definition) is 3. The van der Waals surface area contributed by atoms with Crippen molar-refractivity contribution in [3.63, 3.8) is 0 Å². The van der Waals surface area contributed by atoms with E-state index in [2.05, 4.69) is 20.9 Å². The van der Waals surface area contributed by atoms with Gasteiger partial charge in [-0.15, -0.1) is 0 Å². The number of aromatic nitrogens is 1. The molecule has 0 aliphatic carbocycles. The molecular formula is C19H29N5O3. The van der Waals surface area contributed by atoms with Crippen molar-refractivity contribution in [3.05, 3.63) is 23.9 Å². The maximum absolute atomic E-state index is 13.4. The highest BCUT2D eigenvalue weighted by Crippen LogP contribution is 2.31. The lowest BCUT2D eigenvalue weighted by Gasteiger charge is -2.31. The topological polar surface area (TPSA) is 103 Å². The second-order valence-corrected chi connectivity index (χ2v) is 7.23. The van der Waals surface area contributed by atoms with Gasteiger partial charge in [-0.3, -0.25) is 19.3 Å². The van der Waals surface area contributed by atoms with Gasteiger partial charge in [0.25, 0.3) is 5.91 Å². The van der Waals surface area contributed by atoms with Crippen molar-refractivity contribution in [2.45, 2.75) is 52.2 Å². The summed E-state index contributed by atoms with van der Waals surface area (Å²) in [6, 6.07) is 2.45. The number of rotatable bonds is 7. The first-order valence-corrected chi connectivity index (χ1v) is 9.25. The fourth-order valence-electron chi connectivity index (χ4n) is 3.11. The van der Waals surface area contributed by atoms with Crippen molar-refractivity contribution in [1.29, 1.82) is 0 Å². The number of amides is 3. The van der Waals surface area contributed by atoms with Crippen LogP contribution in [0.3, 0.4) is 0 Å². The molecule has 2 heterocycles. The zero-order valence-corrected chi connectivity index (χ0v) is 16.6. The van der Waals surface area contributed by atoms with Crippen LogP contribution in [0, 0.1) is 5.92 Å². The molecule has 8 heteroatoms. The van der Waals surface area contributed by atoms with Crippen molar-refractivity contribution in [1.82, 2.24) is 20.9 Å². The summed E-state index contributed by atoms with van der Waals surface area (Å²) >= 11 is 0. The number of fused-ring (bicyclic) bond motifs is 1. The number of carbonyl (C=O) groups excluding carboxylic acids is 3. The van der Waals surface area contributed by atoms with E-state index >= 15 is 0 Å². The predicted octanol–water partition coefficient (Wildman–Crippen LogP) is 0.224. The molecule has 3 amide bonds. The first kappa shape index (κ1) is 20.8. The summed E-state index contributed by atoms with van der Waals surface area (Å²) in [5.74, 6) is -0.0974. The largest absolute Gasteiger partial charge is 0.354 e. The predicted molar refractivity (Wildman–Crippen MR) is 103 cm³/mol.